The molecule has 1 aliphatic heterocycles. The summed E-state index contributed by atoms with van der Waals surface area (Å²) in [5, 5.41) is 4.27. The summed E-state index contributed by atoms with van der Waals surface area (Å²) in [6, 6.07) is 15.0. The molecule has 7 heteroatoms. The molecule has 0 radical (unpaired) electrons. The molecule has 134 valence electrons. The molecular weight excluding hydrogens is 414 g/mol. The molecule has 0 N–H and O–H groups in total. The van der Waals surface area contributed by atoms with Gasteiger partial charge in [0.1, 0.15) is 0 Å². The van der Waals surface area contributed by atoms with E-state index in [0.29, 0.717) is 22.5 Å². The Morgan fingerprint density at radius 2 is 1.85 bits per heavy atom. The van der Waals surface area contributed by atoms with Crippen molar-refractivity contribution >= 4 is 26.0 Å². The fourth-order valence-electron chi connectivity index (χ4n) is 3.46. The lowest BCUT2D eigenvalue weighted by Gasteiger charge is -2.33. The van der Waals surface area contributed by atoms with Gasteiger partial charge in [0.25, 0.3) is 0 Å². The van der Waals surface area contributed by atoms with Crippen LogP contribution in [0.4, 0.5) is 0 Å². The number of aryl methyl sites for hydroxylation is 1. The van der Waals surface area contributed by atoms with Crippen molar-refractivity contribution in [1.29, 1.82) is 0 Å². The normalized spacial score (nSPS) is 17.8. The van der Waals surface area contributed by atoms with E-state index in [2.05, 4.69) is 27.1 Å². The van der Waals surface area contributed by atoms with Crippen LogP contribution in [-0.4, -0.2) is 29.0 Å². The highest BCUT2D eigenvalue weighted by atomic mass is 79.9. The highest BCUT2D eigenvalue weighted by molar-refractivity contribution is 9.10. The molecule has 5 nitrogen and oxygen atoms in total. The van der Waals surface area contributed by atoms with Crippen LogP contribution in [0.15, 0.2) is 70.3 Å². The summed E-state index contributed by atoms with van der Waals surface area (Å²) in [5.41, 5.74) is 3.22. The first kappa shape index (κ1) is 17.5. The molecule has 0 fully saturated rings. The molecule has 0 spiro atoms. The van der Waals surface area contributed by atoms with Gasteiger partial charge in [0, 0.05) is 36.7 Å². The van der Waals surface area contributed by atoms with E-state index in [1.807, 2.05) is 43.7 Å². The van der Waals surface area contributed by atoms with Crippen LogP contribution in [-0.2, 0) is 23.6 Å². The molecule has 1 aliphatic rings. The lowest BCUT2D eigenvalue weighted by atomic mass is 9.87. The van der Waals surface area contributed by atoms with Crippen LogP contribution in [0.3, 0.4) is 0 Å². The van der Waals surface area contributed by atoms with Gasteiger partial charge in [0.05, 0.1) is 11.1 Å². The van der Waals surface area contributed by atoms with Gasteiger partial charge in [-0.3, -0.25) is 4.68 Å². The van der Waals surface area contributed by atoms with Gasteiger partial charge in [-0.1, -0.05) is 36.4 Å². The first-order chi connectivity index (χ1) is 12.5. The molecule has 0 bridgehead atoms. The van der Waals surface area contributed by atoms with Crippen LogP contribution in [0.1, 0.15) is 22.6 Å². The fourth-order valence-corrected chi connectivity index (χ4v) is 5.85. The average Bonchev–Trinajstić information content (AvgIpc) is 3.07. The number of sulfonamides is 1. The maximum Gasteiger partial charge on any atom is 0.244 e. The SMILES string of the molecule is Cn1cc(C2CN(S(=O)(=O)c3ccccc3Br)Cc3ccccc32)cn1. The summed E-state index contributed by atoms with van der Waals surface area (Å²) in [4.78, 5) is 0.296. The zero-order valence-corrected chi connectivity index (χ0v) is 16.6. The summed E-state index contributed by atoms with van der Waals surface area (Å²) in [6.07, 6.45) is 3.77. The molecule has 1 aromatic heterocycles. The lowest BCUT2D eigenvalue weighted by molar-refractivity contribution is 0.371. The average molecular weight is 432 g/mol. The molecule has 4 rings (SSSR count). The smallest absolute Gasteiger partial charge is 0.244 e. The molecular formula is C19H18BrN3O2S. The Labute approximate surface area is 161 Å². The predicted molar refractivity (Wildman–Crippen MR) is 103 cm³/mol. The van der Waals surface area contributed by atoms with Crippen LogP contribution < -0.4 is 0 Å². The van der Waals surface area contributed by atoms with Crippen LogP contribution in [0.25, 0.3) is 0 Å². The van der Waals surface area contributed by atoms with E-state index >= 15 is 0 Å². The second-order valence-electron chi connectivity index (χ2n) is 6.43. The number of rotatable bonds is 3. The van der Waals surface area contributed by atoms with Crippen molar-refractivity contribution in [2.75, 3.05) is 6.54 Å². The second-order valence-corrected chi connectivity index (χ2v) is 9.19. The zero-order valence-electron chi connectivity index (χ0n) is 14.2. The maximum atomic E-state index is 13.3. The Bertz CT molecular complexity index is 1060. The maximum absolute atomic E-state index is 13.3. The van der Waals surface area contributed by atoms with Crippen LogP contribution in [0.5, 0.6) is 0 Å². The van der Waals surface area contributed by atoms with Crippen molar-refractivity contribution in [3.05, 3.63) is 82.1 Å². The molecule has 0 saturated carbocycles. The molecule has 3 aromatic rings. The Morgan fingerprint density at radius 1 is 1.12 bits per heavy atom. The van der Waals surface area contributed by atoms with E-state index in [4.69, 9.17) is 0 Å². The van der Waals surface area contributed by atoms with Gasteiger partial charge >= 0.3 is 0 Å². The van der Waals surface area contributed by atoms with E-state index in [1.54, 1.807) is 27.2 Å². The molecule has 1 unspecified atom stereocenters. The minimum Gasteiger partial charge on any atom is -0.276 e. The van der Waals surface area contributed by atoms with Gasteiger partial charge in [-0.05, 0) is 44.8 Å². The second kappa shape index (κ2) is 6.64. The van der Waals surface area contributed by atoms with Crippen molar-refractivity contribution in [2.24, 2.45) is 7.05 Å². The van der Waals surface area contributed by atoms with Gasteiger partial charge in [0.2, 0.25) is 10.0 Å². The van der Waals surface area contributed by atoms with Gasteiger partial charge in [-0.25, -0.2) is 8.42 Å². The Hall–Kier alpha value is -1.96. The molecule has 2 heterocycles. The first-order valence-corrected chi connectivity index (χ1v) is 10.5. The van der Waals surface area contributed by atoms with E-state index in [9.17, 15) is 8.42 Å². The molecule has 26 heavy (non-hydrogen) atoms. The third-order valence-electron chi connectivity index (χ3n) is 4.75. The Balaban J connectivity index is 1.79. The number of halogens is 1. The highest BCUT2D eigenvalue weighted by Gasteiger charge is 2.35. The van der Waals surface area contributed by atoms with Gasteiger partial charge in [-0.15, -0.1) is 0 Å². The van der Waals surface area contributed by atoms with Gasteiger partial charge in [0.15, 0.2) is 0 Å². The summed E-state index contributed by atoms with van der Waals surface area (Å²) < 4.78 is 30.4. The van der Waals surface area contributed by atoms with Crippen molar-refractivity contribution in [2.45, 2.75) is 17.4 Å². The van der Waals surface area contributed by atoms with E-state index in [1.165, 1.54) is 5.56 Å². The first-order valence-electron chi connectivity index (χ1n) is 8.28. The Kier molecular flexibility index (Phi) is 4.46. The third-order valence-corrected chi connectivity index (χ3v) is 7.57. The number of benzene rings is 2. The number of aromatic nitrogens is 2. The molecule has 0 amide bonds. The number of hydrogen-bond acceptors (Lipinski definition) is 3. The van der Waals surface area contributed by atoms with Crippen molar-refractivity contribution < 1.29 is 8.42 Å². The molecule has 2 aromatic carbocycles. The van der Waals surface area contributed by atoms with Crippen LogP contribution in [0.2, 0.25) is 0 Å². The number of fused-ring (bicyclic) bond motifs is 1. The minimum absolute atomic E-state index is 0.0362. The minimum atomic E-state index is -3.61. The summed E-state index contributed by atoms with van der Waals surface area (Å²) in [5.74, 6) is -0.0362. The molecule has 1 atom stereocenters. The largest absolute Gasteiger partial charge is 0.276 e. The fraction of sp³-hybridized carbons (Fsp3) is 0.211. The number of hydrogen-bond donors (Lipinski definition) is 0. The van der Waals surface area contributed by atoms with Crippen LogP contribution in [0, 0.1) is 0 Å². The van der Waals surface area contributed by atoms with Gasteiger partial charge < -0.3 is 0 Å². The van der Waals surface area contributed by atoms with E-state index in [0.717, 1.165) is 11.1 Å². The van der Waals surface area contributed by atoms with Crippen molar-refractivity contribution in [3.63, 3.8) is 0 Å². The van der Waals surface area contributed by atoms with Crippen molar-refractivity contribution in [3.8, 4) is 0 Å². The van der Waals surface area contributed by atoms with Crippen LogP contribution >= 0.6 is 15.9 Å². The molecule has 0 aliphatic carbocycles. The zero-order chi connectivity index (χ0) is 18.3. The van der Waals surface area contributed by atoms with Gasteiger partial charge in [-0.2, -0.15) is 9.40 Å². The summed E-state index contributed by atoms with van der Waals surface area (Å²) in [7, 11) is -1.74. The van der Waals surface area contributed by atoms with Crippen molar-refractivity contribution in [1.82, 2.24) is 14.1 Å². The topological polar surface area (TPSA) is 55.2 Å². The monoisotopic (exact) mass is 431 g/mol. The lowest BCUT2D eigenvalue weighted by Crippen LogP contribution is -2.38. The van der Waals surface area contributed by atoms with E-state index in [-0.39, 0.29) is 5.92 Å². The molecule has 0 saturated heterocycles. The third kappa shape index (κ3) is 3.00. The standard InChI is InChI=1S/C19H18BrN3O2S/c1-22-11-15(10-21-22)17-13-23(12-14-6-2-3-7-16(14)17)26(24,25)19-9-5-4-8-18(19)20/h2-11,17H,12-13H2,1H3. The highest BCUT2D eigenvalue weighted by Crippen LogP contribution is 2.36. The number of nitrogens with zero attached hydrogens (tertiary/aromatic N) is 3. The summed E-state index contributed by atoms with van der Waals surface area (Å²) in [6.45, 7) is 0.767. The summed E-state index contributed by atoms with van der Waals surface area (Å²) >= 11 is 3.37. The Morgan fingerprint density at radius 3 is 2.58 bits per heavy atom. The quantitative estimate of drug-likeness (QED) is 0.637. The van der Waals surface area contributed by atoms with E-state index < -0.39 is 10.0 Å². The predicted octanol–water partition coefficient (Wildman–Crippen LogP) is 3.52.